The fourth-order valence-electron chi connectivity index (χ4n) is 1.03. The molecule has 0 N–H and O–H groups in total. The molecule has 0 aliphatic carbocycles. The van der Waals surface area contributed by atoms with E-state index in [1.54, 1.807) is 22.7 Å². The summed E-state index contributed by atoms with van der Waals surface area (Å²) in [7, 11) is 0. The van der Waals surface area contributed by atoms with Gasteiger partial charge in [0, 0.05) is 17.1 Å². The molecule has 0 amide bonds. The van der Waals surface area contributed by atoms with Gasteiger partial charge in [0.1, 0.15) is 5.01 Å². The molecule has 0 unspecified atom stereocenters. The molecule has 0 atom stereocenters. The number of nitrogens with zero attached hydrogens (tertiary/aromatic N) is 1. The van der Waals surface area contributed by atoms with E-state index in [4.69, 9.17) is 0 Å². The zero-order valence-corrected chi connectivity index (χ0v) is 10.1. The molecule has 68 valence electrons. The summed E-state index contributed by atoms with van der Waals surface area (Å²) < 4.78 is 0. The molecule has 0 aliphatic rings. The second-order valence-corrected chi connectivity index (χ2v) is 5.16. The van der Waals surface area contributed by atoms with Gasteiger partial charge in [-0.05, 0) is 11.4 Å². The average Bonchev–Trinajstić information content (AvgIpc) is 2.70. The number of aryl methyl sites for hydroxylation is 1. The maximum atomic E-state index is 4.54. The van der Waals surface area contributed by atoms with Crippen molar-refractivity contribution in [2.75, 3.05) is 5.33 Å². The standard InChI is InChI=1S/C9H8BrNS2/c10-4-3-7-6-13-9(11-7)8-2-1-5-12-8/h1-2,5-6H,3-4H2. The second kappa shape index (κ2) is 4.35. The first-order valence-electron chi connectivity index (χ1n) is 3.94. The van der Waals surface area contributed by atoms with Gasteiger partial charge in [0.25, 0.3) is 0 Å². The number of hydrogen-bond donors (Lipinski definition) is 0. The molecular formula is C9H8BrNS2. The lowest BCUT2D eigenvalue weighted by Gasteiger charge is -1.88. The SMILES string of the molecule is BrCCc1csc(-c2cccs2)n1. The molecule has 4 heteroatoms. The highest BCUT2D eigenvalue weighted by Crippen LogP contribution is 2.27. The van der Waals surface area contributed by atoms with Gasteiger partial charge in [-0.25, -0.2) is 4.98 Å². The Morgan fingerprint density at radius 3 is 3.00 bits per heavy atom. The molecule has 2 rings (SSSR count). The molecule has 1 nitrogen and oxygen atoms in total. The molecule has 2 aromatic rings. The summed E-state index contributed by atoms with van der Waals surface area (Å²) in [4.78, 5) is 5.81. The van der Waals surface area contributed by atoms with Crippen LogP contribution in [0.1, 0.15) is 5.69 Å². The van der Waals surface area contributed by atoms with E-state index >= 15 is 0 Å². The molecule has 13 heavy (non-hydrogen) atoms. The smallest absolute Gasteiger partial charge is 0.133 e. The van der Waals surface area contributed by atoms with Crippen molar-refractivity contribution in [3.05, 3.63) is 28.6 Å². The summed E-state index contributed by atoms with van der Waals surface area (Å²) in [6.45, 7) is 0. The fraction of sp³-hybridized carbons (Fsp3) is 0.222. The van der Waals surface area contributed by atoms with Crippen LogP contribution in [-0.2, 0) is 6.42 Å². The Bertz CT molecular complexity index is 367. The van der Waals surface area contributed by atoms with E-state index in [1.165, 1.54) is 10.6 Å². The quantitative estimate of drug-likeness (QED) is 0.776. The monoisotopic (exact) mass is 273 g/mol. The van der Waals surface area contributed by atoms with Crippen LogP contribution in [0.2, 0.25) is 0 Å². The Hall–Kier alpha value is -0.190. The van der Waals surface area contributed by atoms with Crippen LogP contribution in [-0.4, -0.2) is 10.3 Å². The molecule has 0 bridgehead atoms. The minimum absolute atomic E-state index is 0.987. The van der Waals surface area contributed by atoms with Crippen LogP contribution < -0.4 is 0 Å². The number of thiazole rings is 1. The Morgan fingerprint density at radius 2 is 2.31 bits per heavy atom. The van der Waals surface area contributed by atoms with E-state index in [0.29, 0.717) is 0 Å². The predicted molar refractivity (Wildman–Crippen MR) is 62.9 cm³/mol. The van der Waals surface area contributed by atoms with E-state index in [1.807, 2.05) is 0 Å². The van der Waals surface area contributed by atoms with Crippen molar-refractivity contribution in [2.45, 2.75) is 6.42 Å². The van der Waals surface area contributed by atoms with Crippen molar-refractivity contribution in [3.63, 3.8) is 0 Å². The Labute approximate surface area is 93.6 Å². The summed E-state index contributed by atoms with van der Waals surface area (Å²) in [5, 5.41) is 6.35. The molecule has 0 spiro atoms. The topological polar surface area (TPSA) is 12.9 Å². The van der Waals surface area contributed by atoms with E-state index in [0.717, 1.165) is 16.8 Å². The number of rotatable bonds is 3. The maximum absolute atomic E-state index is 4.54. The lowest BCUT2D eigenvalue weighted by atomic mass is 10.4. The first-order valence-corrected chi connectivity index (χ1v) is 6.82. The lowest BCUT2D eigenvalue weighted by molar-refractivity contribution is 1.09. The number of halogens is 1. The highest BCUT2D eigenvalue weighted by molar-refractivity contribution is 9.09. The molecule has 2 heterocycles. The fourth-order valence-corrected chi connectivity index (χ4v) is 3.11. The second-order valence-electron chi connectivity index (χ2n) is 2.56. The molecule has 2 aromatic heterocycles. The zero-order chi connectivity index (χ0) is 9.10. The van der Waals surface area contributed by atoms with E-state index in [2.05, 4.69) is 43.8 Å². The summed E-state index contributed by atoms with van der Waals surface area (Å²) in [5.41, 5.74) is 1.19. The summed E-state index contributed by atoms with van der Waals surface area (Å²) >= 11 is 6.88. The molecule has 0 fully saturated rings. The number of thiophene rings is 1. The van der Waals surface area contributed by atoms with Gasteiger partial charge in [-0.1, -0.05) is 22.0 Å². The van der Waals surface area contributed by atoms with Crippen LogP contribution in [0.3, 0.4) is 0 Å². The molecule has 0 radical (unpaired) electrons. The molecule has 0 aliphatic heterocycles. The van der Waals surface area contributed by atoms with Crippen LogP contribution in [0.5, 0.6) is 0 Å². The Balaban J connectivity index is 2.23. The summed E-state index contributed by atoms with van der Waals surface area (Å²) in [6.07, 6.45) is 1.02. The third-order valence-corrected chi connectivity index (χ3v) is 3.96. The number of aromatic nitrogens is 1. The van der Waals surface area contributed by atoms with Crippen molar-refractivity contribution < 1.29 is 0 Å². The molecule has 0 aromatic carbocycles. The van der Waals surface area contributed by atoms with Crippen molar-refractivity contribution in [3.8, 4) is 9.88 Å². The summed E-state index contributed by atoms with van der Waals surface area (Å²) in [6, 6.07) is 4.17. The van der Waals surface area contributed by atoms with Gasteiger partial charge in [0.15, 0.2) is 0 Å². The van der Waals surface area contributed by atoms with Crippen LogP contribution in [0.25, 0.3) is 9.88 Å². The van der Waals surface area contributed by atoms with Crippen molar-refractivity contribution in [1.29, 1.82) is 0 Å². The predicted octanol–water partition coefficient (Wildman–Crippen LogP) is 3.81. The van der Waals surface area contributed by atoms with Crippen molar-refractivity contribution >= 4 is 38.6 Å². The minimum Gasteiger partial charge on any atom is -0.240 e. The number of hydrogen-bond acceptors (Lipinski definition) is 3. The van der Waals surface area contributed by atoms with Gasteiger partial charge in [0.05, 0.1) is 10.6 Å². The molecule has 0 saturated carbocycles. The molecule has 0 saturated heterocycles. The lowest BCUT2D eigenvalue weighted by Crippen LogP contribution is -1.84. The van der Waals surface area contributed by atoms with Crippen LogP contribution in [0.15, 0.2) is 22.9 Å². The van der Waals surface area contributed by atoms with E-state index < -0.39 is 0 Å². The van der Waals surface area contributed by atoms with Gasteiger partial charge in [-0.2, -0.15) is 0 Å². The summed E-state index contributed by atoms with van der Waals surface area (Å²) in [5.74, 6) is 0. The van der Waals surface area contributed by atoms with Crippen LogP contribution in [0.4, 0.5) is 0 Å². The number of alkyl halides is 1. The minimum atomic E-state index is 0.987. The van der Waals surface area contributed by atoms with Gasteiger partial charge < -0.3 is 0 Å². The maximum Gasteiger partial charge on any atom is 0.133 e. The van der Waals surface area contributed by atoms with Gasteiger partial charge in [-0.3, -0.25) is 0 Å². The Kier molecular flexibility index (Phi) is 3.14. The van der Waals surface area contributed by atoms with E-state index in [-0.39, 0.29) is 0 Å². The molecular weight excluding hydrogens is 266 g/mol. The normalized spacial score (nSPS) is 10.5. The highest BCUT2D eigenvalue weighted by Gasteiger charge is 2.04. The largest absolute Gasteiger partial charge is 0.240 e. The van der Waals surface area contributed by atoms with Crippen molar-refractivity contribution in [2.24, 2.45) is 0 Å². The third-order valence-electron chi connectivity index (χ3n) is 1.63. The van der Waals surface area contributed by atoms with Crippen LogP contribution >= 0.6 is 38.6 Å². The zero-order valence-electron chi connectivity index (χ0n) is 6.87. The Morgan fingerprint density at radius 1 is 1.38 bits per heavy atom. The van der Waals surface area contributed by atoms with Gasteiger partial charge >= 0.3 is 0 Å². The first-order chi connectivity index (χ1) is 6.40. The van der Waals surface area contributed by atoms with Crippen LogP contribution in [0, 0.1) is 0 Å². The highest BCUT2D eigenvalue weighted by atomic mass is 79.9. The van der Waals surface area contributed by atoms with E-state index in [9.17, 15) is 0 Å². The van der Waals surface area contributed by atoms with Crippen molar-refractivity contribution in [1.82, 2.24) is 4.98 Å². The van der Waals surface area contributed by atoms with Gasteiger partial charge in [0.2, 0.25) is 0 Å². The first kappa shape index (κ1) is 9.37. The third kappa shape index (κ3) is 2.18. The average molecular weight is 274 g/mol. The van der Waals surface area contributed by atoms with Gasteiger partial charge in [-0.15, -0.1) is 22.7 Å².